The van der Waals surface area contributed by atoms with Crippen LogP contribution in [0.2, 0.25) is 0 Å². The first kappa shape index (κ1) is 21.6. The summed E-state index contributed by atoms with van der Waals surface area (Å²) in [5.74, 6) is 0.898. The lowest BCUT2D eigenvalue weighted by molar-refractivity contribution is -0.117. The molecule has 1 aliphatic carbocycles. The summed E-state index contributed by atoms with van der Waals surface area (Å²) in [6.07, 6.45) is 7.08. The highest BCUT2D eigenvalue weighted by Gasteiger charge is 2.22. The van der Waals surface area contributed by atoms with Crippen LogP contribution in [0.4, 0.5) is 5.13 Å². The van der Waals surface area contributed by atoms with Crippen LogP contribution in [-0.4, -0.2) is 49.0 Å². The smallest absolute Gasteiger partial charge is 0.240 e. The van der Waals surface area contributed by atoms with Crippen molar-refractivity contribution < 1.29 is 4.79 Å². The molecule has 1 aliphatic heterocycles. The van der Waals surface area contributed by atoms with Crippen LogP contribution < -0.4 is 10.6 Å². The molecule has 0 spiro atoms. The Balaban J connectivity index is 0.00000144. The molecule has 0 radical (unpaired) electrons. The van der Waals surface area contributed by atoms with Gasteiger partial charge in [-0.1, -0.05) is 0 Å². The molecule has 138 valence electrons. The Labute approximate surface area is 160 Å². The maximum atomic E-state index is 12.2. The number of amides is 1. The first-order valence-electron chi connectivity index (χ1n) is 8.40. The van der Waals surface area contributed by atoms with E-state index < -0.39 is 0 Å². The summed E-state index contributed by atoms with van der Waals surface area (Å²) >= 11 is 1.65. The fourth-order valence-corrected chi connectivity index (χ4v) is 4.45. The van der Waals surface area contributed by atoms with Crippen LogP contribution in [0, 0.1) is 5.92 Å². The van der Waals surface area contributed by atoms with Crippen molar-refractivity contribution in [3.05, 3.63) is 10.6 Å². The quantitative estimate of drug-likeness (QED) is 0.778. The van der Waals surface area contributed by atoms with E-state index in [4.69, 9.17) is 0 Å². The SMILES string of the molecule is CNCCC1CCN(CC(=O)Nc2nc3c(s2)CCC3)CC1.Cl.Cl. The Morgan fingerprint density at radius 2 is 2.04 bits per heavy atom. The van der Waals surface area contributed by atoms with Crippen molar-refractivity contribution in [2.45, 2.75) is 38.5 Å². The van der Waals surface area contributed by atoms with Gasteiger partial charge in [-0.2, -0.15) is 0 Å². The molecule has 2 heterocycles. The van der Waals surface area contributed by atoms with E-state index >= 15 is 0 Å². The number of carbonyl (C=O) groups excluding carboxylic acids is 1. The van der Waals surface area contributed by atoms with E-state index in [2.05, 4.69) is 20.5 Å². The molecule has 0 bridgehead atoms. The highest BCUT2D eigenvalue weighted by atomic mass is 35.5. The molecule has 2 N–H and O–H groups in total. The van der Waals surface area contributed by atoms with Gasteiger partial charge in [0.1, 0.15) is 0 Å². The summed E-state index contributed by atoms with van der Waals surface area (Å²) in [4.78, 5) is 20.3. The van der Waals surface area contributed by atoms with Crippen molar-refractivity contribution in [1.82, 2.24) is 15.2 Å². The minimum Gasteiger partial charge on any atom is -0.320 e. The maximum Gasteiger partial charge on any atom is 0.240 e. The van der Waals surface area contributed by atoms with Crippen LogP contribution in [0.5, 0.6) is 0 Å². The minimum absolute atomic E-state index is 0. The van der Waals surface area contributed by atoms with Crippen molar-refractivity contribution >= 4 is 47.2 Å². The molecule has 1 aromatic heterocycles. The van der Waals surface area contributed by atoms with E-state index in [0.717, 1.165) is 43.5 Å². The number of carbonyl (C=O) groups is 1. The Hall–Kier alpha value is -0.400. The van der Waals surface area contributed by atoms with E-state index in [1.165, 1.54) is 36.3 Å². The molecule has 0 aromatic carbocycles. The summed E-state index contributed by atoms with van der Waals surface area (Å²) < 4.78 is 0. The molecule has 1 saturated heterocycles. The predicted molar refractivity (Wildman–Crippen MR) is 105 cm³/mol. The number of aromatic nitrogens is 1. The molecule has 0 unspecified atom stereocenters. The molecule has 24 heavy (non-hydrogen) atoms. The fraction of sp³-hybridized carbons (Fsp3) is 0.750. The summed E-state index contributed by atoms with van der Waals surface area (Å²) in [5.41, 5.74) is 1.20. The van der Waals surface area contributed by atoms with Crippen molar-refractivity contribution in [2.75, 3.05) is 38.5 Å². The lowest BCUT2D eigenvalue weighted by Gasteiger charge is -2.31. The molecular formula is C16H28Cl2N4OS. The van der Waals surface area contributed by atoms with Crippen LogP contribution in [0.3, 0.4) is 0 Å². The molecule has 0 atom stereocenters. The average molecular weight is 395 g/mol. The van der Waals surface area contributed by atoms with Gasteiger partial charge >= 0.3 is 0 Å². The topological polar surface area (TPSA) is 57.3 Å². The number of likely N-dealkylation sites (tertiary alicyclic amines) is 1. The Bertz CT molecular complexity index is 497. The van der Waals surface area contributed by atoms with Crippen molar-refractivity contribution in [3.8, 4) is 0 Å². The monoisotopic (exact) mass is 394 g/mol. The van der Waals surface area contributed by atoms with Crippen LogP contribution in [-0.2, 0) is 17.6 Å². The Morgan fingerprint density at radius 1 is 1.29 bits per heavy atom. The number of hydrogen-bond donors (Lipinski definition) is 2. The fourth-order valence-electron chi connectivity index (χ4n) is 3.39. The predicted octanol–water partition coefficient (Wildman–Crippen LogP) is 2.74. The van der Waals surface area contributed by atoms with Crippen LogP contribution in [0.25, 0.3) is 0 Å². The number of fused-ring (bicyclic) bond motifs is 1. The maximum absolute atomic E-state index is 12.2. The number of hydrogen-bond acceptors (Lipinski definition) is 5. The van der Waals surface area contributed by atoms with E-state index in [9.17, 15) is 4.79 Å². The van der Waals surface area contributed by atoms with Gasteiger partial charge in [-0.25, -0.2) is 4.98 Å². The Kier molecular flexibility index (Phi) is 9.52. The normalized spacial score (nSPS) is 17.7. The van der Waals surface area contributed by atoms with Gasteiger partial charge in [0, 0.05) is 4.88 Å². The zero-order valence-electron chi connectivity index (χ0n) is 14.2. The third kappa shape index (κ3) is 5.85. The number of anilines is 1. The van der Waals surface area contributed by atoms with Gasteiger partial charge in [-0.15, -0.1) is 36.2 Å². The second-order valence-electron chi connectivity index (χ2n) is 6.40. The molecule has 0 saturated carbocycles. The number of nitrogens with zero attached hydrogens (tertiary/aromatic N) is 2. The molecule has 1 fully saturated rings. The van der Waals surface area contributed by atoms with Gasteiger partial charge in [0.05, 0.1) is 12.2 Å². The van der Waals surface area contributed by atoms with Crippen LogP contribution >= 0.6 is 36.2 Å². The standard InChI is InChI=1S/C16H26N4OS.2ClH/c1-17-8-5-12-6-9-20(10-7-12)11-15(21)19-16-18-13-3-2-4-14(13)22-16;;/h12,17H,2-11H2,1H3,(H,18,19,21);2*1H. The van der Waals surface area contributed by atoms with Gasteiger partial charge in [-0.05, 0) is 71.1 Å². The number of halogens is 2. The van der Waals surface area contributed by atoms with Gasteiger partial charge in [-0.3, -0.25) is 9.69 Å². The Morgan fingerprint density at radius 3 is 2.71 bits per heavy atom. The molecular weight excluding hydrogens is 367 g/mol. The largest absolute Gasteiger partial charge is 0.320 e. The highest BCUT2D eigenvalue weighted by Crippen LogP contribution is 2.30. The second-order valence-corrected chi connectivity index (χ2v) is 7.49. The van der Waals surface area contributed by atoms with Gasteiger partial charge in [0.2, 0.25) is 5.91 Å². The van der Waals surface area contributed by atoms with Crippen molar-refractivity contribution in [2.24, 2.45) is 5.92 Å². The lowest BCUT2D eigenvalue weighted by atomic mass is 9.93. The molecule has 3 rings (SSSR count). The van der Waals surface area contributed by atoms with E-state index in [1.54, 1.807) is 11.3 Å². The molecule has 5 nitrogen and oxygen atoms in total. The second kappa shape index (κ2) is 10.6. The van der Waals surface area contributed by atoms with Gasteiger partial charge in [0.15, 0.2) is 5.13 Å². The highest BCUT2D eigenvalue weighted by molar-refractivity contribution is 7.15. The summed E-state index contributed by atoms with van der Waals surface area (Å²) in [5, 5.41) is 6.99. The van der Waals surface area contributed by atoms with Crippen LogP contribution in [0.1, 0.15) is 36.3 Å². The average Bonchev–Trinajstić information content (AvgIpc) is 3.07. The lowest BCUT2D eigenvalue weighted by Crippen LogP contribution is -2.39. The first-order valence-corrected chi connectivity index (χ1v) is 9.21. The summed E-state index contributed by atoms with van der Waals surface area (Å²) in [6, 6.07) is 0. The zero-order chi connectivity index (χ0) is 15.4. The number of nitrogens with one attached hydrogen (secondary N) is 2. The third-order valence-electron chi connectivity index (χ3n) is 4.72. The number of rotatable bonds is 6. The third-order valence-corrected chi connectivity index (χ3v) is 5.79. The van der Waals surface area contributed by atoms with E-state index in [-0.39, 0.29) is 30.7 Å². The molecule has 2 aliphatic rings. The summed E-state index contributed by atoms with van der Waals surface area (Å²) in [6.45, 7) is 3.68. The number of piperidine rings is 1. The van der Waals surface area contributed by atoms with Gasteiger partial charge < -0.3 is 10.6 Å². The zero-order valence-corrected chi connectivity index (χ0v) is 16.6. The van der Waals surface area contributed by atoms with Crippen molar-refractivity contribution in [3.63, 3.8) is 0 Å². The molecule has 1 amide bonds. The summed E-state index contributed by atoms with van der Waals surface area (Å²) in [7, 11) is 2.01. The van der Waals surface area contributed by atoms with Crippen LogP contribution in [0.15, 0.2) is 0 Å². The number of thiazole rings is 1. The van der Waals surface area contributed by atoms with Gasteiger partial charge in [0.25, 0.3) is 0 Å². The molecule has 1 aromatic rings. The molecule has 8 heteroatoms. The minimum atomic E-state index is 0. The van der Waals surface area contributed by atoms with Crippen molar-refractivity contribution in [1.29, 1.82) is 0 Å². The first-order chi connectivity index (χ1) is 10.7. The number of aryl methyl sites for hydroxylation is 2. The van der Waals surface area contributed by atoms with E-state index in [0.29, 0.717) is 6.54 Å². The van der Waals surface area contributed by atoms with E-state index in [1.807, 2.05) is 7.05 Å².